The Morgan fingerprint density at radius 3 is 1.94 bits per heavy atom. The third-order valence-corrected chi connectivity index (χ3v) is 9.93. The van der Waals surface area contributed by atoms with Crippen LogP contribution in [0.15, 0.2) is 190 Å². The molecule has 0 aliphatic carbocycles. The number of rotatable bonds is 5. The predicted octanol–water partition coefficient (Wildman–Crippen LogP) is 11.7. The van der Waals surface area contributed by atoms with E-state index >= 15 is 0 Å². The van der Waals surface area contributed by atoms with Gasteiger partial charge in [-0.3, -0.25) is 0 Å². The van der Waals surface area contributed by atoms with Crippen molar-refractivity contribution in [2.45, 2.75) is 6.17 Å². The minimum Gasteiger partial charge on any atom is -0.456 e. The SMILES string of the molecule is c1ccc(-c2ccc3cc(C4=NC(c5c(-c6ccccc6)ccc6oc7ccccc7c56)NC(c5cccc6ccccc56)=N4)ccc3c2)cc1. The largest absolute Gasteiger partial charge is 0.456 e. The second-order valence-electron chi connectivity index (χ2n) is 13.0. The second-order valence-corrected chi connectivity index (χ2v) is 13.0. The van der Waals surface area contributed by atoms with E-state index < -0.39 is 6.17 Å². The van der Waals surface area contributed by atoms with Gasteiger partial charge in [0.2, 0.25) is 0 Å². The van der Waals surface area contributed by atoms with E-state index in [-0.39, 0.29) is 0 Å². The fourth-order valence-electron chi connectivity index (χ4n) is 7.49. The summed E-state index contributed by atoms with van der Waals surface area (Å²) in [7, 11) is 0. The van der Waals surface area contributed by atoms with E-state index in [9.17, 15) is 0 Å². The topological polar surface area (TPSA) is 49.9 Å². The Bertz CT molecular complexity index is 2830. The summed E-state index contributed by atoms with van der Waals surface area (Å²) < 4.78 is 6.44. The van der Waals surface area contributed by atoms with Gasteiger partial charge in [-0.25, -0.2) is 9.98 Å². The fourth-order valence-corrected chi connectivity index (χ4v) is 7.49. The van der Waals surface area contributed by atoms with Crippen LogP contribution in [0.2, 0.25) is 0 Å². The van der Waals surface area contributed by atoms with Gasteiger partial charge in [0.15, 0.2) is 5.84 Å². The number of fused-ring (bicyclic) bond motifs is 5. The van der Waals surface area contributed by atoms with Crippen molar-refractivity contribution < 1.29 is 4.42 Å². The molecule has 0 bridgehead atoms. The highest BCUT2D eigenvalue weighted by Crippen LogP contribution is 2.41. The summed E-state index contributed by atoms with van der Waals surface area (Å²) in [5.41, 5.74) is 9.35. The molecule has 0 amide bonds. The van der Waals surface area contributed by atoms with Gasteiger partial charge in [0, 0.05) is 27.5 Å². The lowest BCUT2D eigenvalue weighted by atomic mass is 9.92. The van der Waals surface area contributed by atoms with Crippen LogP contribution in [0.3, 0.4) is 0 Å². The first kappa shape index (κ1) is 29.2. The number of benzene rings is 8. The van der Waals surface area contributed by atoms with Gasteiger partial charge in [-0.05, 0) is 68.1 Å². The maximum Gasteiger partial charge on any atom is 0.159 e. The molecule has 2 heterocycles. The van der Waals surface area contributed by atoms with Crippen molar-refractivity contribution in [3.8, 4) is 22.3 Å². The Morgan fingerprint density at radius 2 is 1.12 bits per heavy atom. The van der Waals surface area contributed by atoms with Crippen LogP contribution in [0, 0.1) is 0 Å². The molecule has 1 atom stereocenters. The van der Waals surface area contributed by atoms with E-state index in [4.69, 9.17) is 14.4 Å². The van der Waals surface area contributed by atoms with E-state index in [0.29, 0.717) is 5.84 Å². The molecule has 0 saturated carbocycles. The summed E-state index contributed by atoms with van der Waals surface area (Å²) in [5.74, 6) is 1.46. The standard InChI is InChI=1S/C47H31N3O/c1-3-12-30(13-4-1)33-22-23-35-29-36(25-24-34(35)28-33)45-48-46(39-20-11-17-31-16-7-8-18-37(31)39)50-47(49-45)44-38(32-14-5-2-6-15-32)26-27-42-43(44)40-19-9-10-21-41(40)51-42/h1-29,47H,(H,48,49,50). The van der Waals surface area contributed by atoms with Crippen molar-refractivity contribution in [3.63, 3.8) is 0 Å². The van der Waals surface area contributed by atoms with E-state index in [1.807, 2.05) is 12.1 Å². The van der Waals surface area contributed by atoms with Gasteiger partial charge in [-0.15, -0.1) is 0 Å². The van der Waals surface area contributed by atoms with Crippen molar-refractivity contribution >= 4 is 55.2 Å². The molecule has 4 nitrogen and oxygen atoms in total. The average Bonchev–Trinajstić information content (AvgIpc) is 3.59. The van der Waals surface area contributed by atoms with Crippen LogP contribution < -0.4 is 5.32 Å². The zero-order valence-electron chi connectivity index (χ0n) is 27.6. The maximum absolute atomic E-state index is 6.44. The minimum atomic E-state index is -0.456. The van der Waals surface area contributed by atoms with Crippen LogP contribution in [-0.2, 0) is 0 Å². The Kier molecular flexibility index (Phi) is 6.85. The molecule has 240 valence electrons. The number of aliphatic imine (C=N–C) groups is 2. The molecule has 10 rings (SSSR count). The normalized spacial score (nSPS) is 14.5. The van der Waals surface area contributed by atoms with Gasteiger partial charge in [-0.2, -0.15) is 0 Å². The minimum absolute atomic E-state index is 0.456. The first-order chi connectivity index (χ1) is 25.3. The molecule has 0 radical (unpaired) electrons. The summed E-state index contributed by atoms with van der Waals surface area (Å²) in [4.78, 5) is 10.7. The van der Waals surface area contributed by atoms with Crippen molar-refractivity contribution in [2.75, 3.05) is 0 Å². The van der Waals surface area contributed by atoms with Gasteiger partial charge in [-0.1, -0.05) is 152 Å². The summed E-state index contributed by atoms with van der Waals surface area (Å²) in [5, 5.41) is 10.5. The molecule has 4 heteroatoms. The molecule has 1 aromatic heterocycles. The first-order valence-corrected chi connectivity index (χ1v) is 17.3. The zero-order chi connectivity index (χ0) is 33.7. The lowest BCUT2D eigenvalue weighted by molar-refractivity contribution is 0.663. The average molecular weight is 654 g/mol. The molecule has 0 fully saturated rings. The van der Waals surface area contributed by atoms with E-state index in [2.05, 4.69) is 169 Å². The van der Waals surface area contributed by atoms with Crippen molar-refractivity contribution in [1.29, 1.82) is 0 Å². The Morgan fingerprint density at radius 1 is 0.451 bits per heavy atom. The summed E-state index contributed by atoms with van der Waals surface area (Å²) in [6, 6.07) is 61.6. The van der Waals surface area contributed by atoms with Crippen LogP contribution >= 0.6 is 0 Å². The quantitative estimate of drug-likeness (QED) is 0.201. The molecule has 1 aliphatic rings. The smallest absolute Gasteiger partial charge is 0.159 e. The molecule has 1 N–H and O–H groups in total. The molecule has 8 aromatic carbocycles. The second kappa shape index (κ2) is 12.0. The van der Waals surface area contributed by atoms with Crippen molar-refractivity contribution in [1.82, 2.24) is 5.32 Å². The fraction of sp³-hybridized carbons (Fsp3) is 0.0213. The highest BCUT2D eigenvalue weighted by Gasteiger charge is 2.28. The van der Waals surface area contributed by atoms with Gasteiger partial charge >= 0.3 is 0 Å². The molecule has 0 saturated heterocycles. The molecule has 1 unspecified atom stereocenters. The molecule has 51 heavy (non-hydrogen) atoms. The van der Waals surface area contributed by atoms with Crippen molar-refractivity contribution in [2.24, 2.45) is 9.98 Å². The Labute approximate surface area is 295 Å². The summed E-state index contributed by atoms with van der Waals surface area (Å²) >= 11 is 0. The first-order valence-electron chi connectivity index (χ1n) is 17.3. The summed E-state index contributed by atoms with van der Waals surface area (Å²) in [6.45, 7) is 0. The Balaban J connectivity index is 1.20. The summed E-state index contributed by atoms with van der Waals surface area (Å²) in [6.07, 6.45) is -0.456. The van der Waals surface area contributed by atoms with E-state index in [1.165, 1.54) is 16.5 Å². The number of amidine groups is 2. The Hall–Kier alpha value is -6.78. The lowest BCUT2D eigenvalue weighted by Gasteiger charge is -2.26. The molecule has 9 aromatic rings. The number of hydrogen-bond donors (Lipinski definition) is 1. The van der Waals surface area contributed by atoms with E-state index in [1.54, 1.807) is 0 Å². The van der Waals surface area contributed by atoms with Crippen molar-refractivity contribution in [3.05, 3.63) is 193 Å². The third-order valence-electron chi connectivity index (χ3n) is 9.93. The van der Waals surface area contributed by atoms with Crippen LogP contribution in [0.4, 0.5) is 0 Å². The van der Waals surface area contributed by atoms with Crippen LogP contribution in [0.1, 0.15) is 22.9 Å². The number of furan rings is 1. The van der Waals surface area contributed by atoms with Gasteiger partial charge < -0.3 is 9.73 Å². The molecule has 1 aliphatic heterocycles. The highest BCUT2D eigenvalue weighted by molar-refractivity contribution is 6.18. The number of nitrogens with zero attached hydrogens (tertiary/aromatic N) is 2. The predicted molar refractivity (Wildman–Crippen MR) is 211 cm³/mol. The number of nitrogens with one attached hydrogen (secondary N) is 1. The van der Waals surface area contributed by atoms with Crippen LogP contribution in [0.25, 0.3) is 65.7 Å². The van der Waals surface area contributed by atoms with Gasteiger partial charge in [0.25, 0.3) is 0 Å². The third kappa shape index (κ3) is 5.08. The molecular weight excluding hydrogens is 623 g/mol. The molecule has 0 spiro atoms. The monoisotopic (exact) mass is 653 g/mol. The van der Waals surface area contributed by atoms with E-state index in [0.717, 1.165) is 71.8 Å². The maximum atomic E-state index is 6.44. The van der Waals surface area contributed by atoms with Gasteiger partial charge in [0.05, 0.1) is 0 Å². The van der Waals surface area contributed by atoms with Gasteiger partial charge in [0.1, 0.15) is 23.2 Å². The van der Waals surface area contributed by atoms with Crippen LogP contribution in [-0.4, -0.2) is 11.7 Å². The number of para-hydroxylation sites is 1. The van der Waals surface area contributed by atoms with Crippen LogP contribution in [0.5, 0.6) is 0 Å². The number of hydrogen-bond acceptors (Lipinski definition) is 4. The lowest BCUT2D eigenvalue weighted by Crippen LogP contribution is -2.34. The zero-order valence-corrected chi connectivity index (χ0v) is 27.6. The highest BCUT2D eigenvalue weighted by atomic mass is 16.3. The molecular formula is C47H31N3O.